The van der Waals surface area contributed by atoms with E-state index < -0.39 is 0 Å². The maximum Gasteiger partial charge on any atom is 0.0831 e. The molecule has 0 saturated carbocycles. The van der Waals surface area contributed by atoms with E-state index in [-0.39, 0.29) is 5.54 Å². The second kappa shape index (κ2) is 7.17. The van der Waals surface area contributed by atoms with Crippen LogP contribution in [0.2, 0.25) is 0 Å². The number of ether oxygens (including phenoxy) is 2. The predicted octanol–water partition coefficient (Wildman–Crippen LogP) is 2.09. The number of likely N-dealkylation sites (tertiary alicyclic amines) is 1. The van der Waals surface area contributed by atoms with Crippen LogP contribution in [0.5, 0.6) is 0 Å². The normalized spacial score (nSPS) is 44.5. The molecular weight excluding hydrogens is 429 g/mol. The number of nitrogens with zero attached hydrogens (tertiary/aromatic N) is 2. The van der Waals surface area contributed by atoms with Crippen molar-refractivity contribution in [3.63, 3.8) is 0 Å². The fourth-order valence-electron chi connectivity index (χ4n) is 5.63. The summed E-state index contributed by atoms with van der Waals surface area (Å²) in [5, 5.41) is 3.89. The van der Waals surface area contributed by atoms with Gasteiger partial charge in [-0.3, -0.25) is 9.80 Å². The molecule has 4 heterocycles. The minimum atomic E-state index is 0.205. The highest BCUT2D eigenvalue weighted by Crippen LogP contribution is 2.46. The van der Waals surface area contributed by atoms with E-state index in [4.69, 9.17) is 9.47 Å². The number of hydrogen-bond acceptors (Lipinski definition) is 5. The van der Waals surface area contributed by atoms with Gasteiger partial charge in [-0.1, -0.05) is 22.6 Å². The number of halogens is 1. The summed E-state index contributed by atoms with van der Waals surface area (Å²) in [6, 6.07) is 1.01. The van der Waals surface area contributed by atoms with Crippen LogP contribution in [-0.2, 0) is 9.47 Å². The molecule has 25 heavy (non-hydrogen) atoms. The minimum absolute atomic E-state index is 0.205. The SMILES string of the molecule is CC(I)N1CCCC2(COC2C2CN(C(C)C)[C@]3(CCOC3)CN2)C1. The van der Waals surface area contributed by atoms with Gasteiger partial charge in [0, 0.05) is 43.7 Å². The number of piperazine rings is 1. The number of piperidine rings is 1. The van der Waals surface area contributed by atoms with Crippen LogP contribution >= 0.6 is 22.6 Å². The average molecular weight is 463 g/mol. The van der Waals surface area contributed by atoms with Crippen molar-refractivity contribution < 1.29 is 9.47 Å². The van der Waals surface area contributed by atoms with E-state index in [9.17, 15) is 0 Å². The highest BCUT2D eigenvalue weighted by molar-refractivity contribution is 14.1. The molecule has 144 valence electrons. The molecule has 4 rings (SSSR count). The molecule has 4 aliphatic heterocycles. The van der Waals surface area contributed by atoms with Crippen molar-refractivity contribution in [1.82, 2.24) is 15.1 Å². The van der Waals surface area contributed by atoms with E-state index in [2.05, 4.69) is 58.5 Å². The first-order valence-electron chi connectivity index (χ1n) is 10.0. The van der Waals surface area contributed by atoms with Crippen LogP contribution in [0.25, 0.3) is 0 Å². The first-order chi connectivity index (χ1) is 12.0. The maximum absolute atomic E-state index is 6.22. The quantitative estimate of drug-likeness (QED) is 0.394. The summed E-state index contributed by atoms with van der Waals surface area (Å²) in [6.07, 6.45) is 4.16. The Morgan fingerprint density at radius 3 is 2.64 bits per heavy atom. The van der Waals surface area contributed by atoms with Gasteiger partial charge in [-0.2, -0.15) is 0 Å². The Kier molecular flexibility index (Phi) is 5.41. The Morgan fingerprint density at radius 2 is 2.04 bits per heavy atom. The minimum Gasteiger partial charge on any atom is -0.379 e. The lowest BCUT2D eigenvalue weighted by molar-refractivity contribution is -0.229. The van der Waals surface area contributed by atoms with Crippen LogP contribution < -0.4 is 5.32 Å². The highest BCUT2D eigenvalue weighted by atomic mass is 127. The van der Waals surface area contributed by atoms with Crippen molar-refractivity contribution in [3.05, 3.63) is 0 Å². The third kappa shape index (κ3) is 3.29. The predicted molar refractivity (Wildman–Crippen MR) is 108 cm³/mol. The van der Waals surface area contributed by atoms with E-state index in [0.717, 1.165) is 39.3 Å². The first-order valence-corrected chi connectivity index (χ1v) is 11.3. The maximum atomic E-state index is 6.22. The second-order valence-electron chi connectivity index (χ2n) is 9.00. The van der Waals surface area contributed by atoms with E-state index in [1.54, 1.807) is 0 Å². The van der Waals surface area contributed by atoms with Gasteiger partial charge in [0.1, 0.15) is 0 Å². The number of rotatable bonds is 3. The lowest BCUT2D eigenvalue weighted by atomic mass is 9.68. The Balaban J connectivity index is 1.47. The molecular formula is C19H34IN3O2. The molecule has 4 unspecified atom stereocenters. The van der Waals surface area contributed by atoms with Crippen LogP contribution in [0.1, 0.15) is 40.0 Å². The monoisotopic (exact) mass is 463 g/mol. The van der Waals surface area contributed by atoms with Gasteiger partial charge in [0.2, 0.25) is 0 Å². The van der Waals surface area contributed by atoms with E-state index >= 15 is 0 Å². The number of alkyl halides is 1. The summed E-state index contributed by atoms with van der Waals surface area (Å²) < 4.78 is 12.6. The van der Waals surface area contributed by atoms with Crippen molar-refractivity contribution in [3.8, 4) is 0 Å². The Bertz CT molecular complexity index is 483. The molecule has 4 aliphatic rings. The van der Waals surface area contributed by atoms with Crippen LogP contribution in [0, 0.1) is 5.41 Å². The van der Waals surface area contributed by atoms with Crippen LogP contribution in [0.3, 0.4) is 0 Å². The van der Waals surface area contributed by atoms with Crippen molar-refractivity contribution in [1.29, 1.82) is 0 Å². The standard InChI is InChI=1S/C19H34IN3O2/c1-14(2)23-9-16(21-10-19(23)6-8-24-13-19)17-18(12-25-17)5-4-7-22(11-18)15(3)20/h14-17,21H,4-13H2,1-3H3/t15?,16?,17?,18?,19-/m1/s1. The zero-order valence-corrected chi connectivity index (χ0v) is 18.1. The van der Waals surface area contributed by atoms with Crippen LogP contribution in [-0.4, -0.2) is 83.6 Å². The van der Waals surface area contributed by atoms with E-state index in [0.29, 0.717) is 27.7 Å². The molecule has 0 bridgehead atoms. The van der Waals surface area contributed by atoms with Gasteiger partial charge < -0.3 is 14.8 Å². The Morgan fingerprint density at radius 1 is 1.20 bits per heavy atom. The third-order valence-electron chi connectivity index (χ3n) is 7.06. The Hall–Kier alpha value is 0.530. The summed E-state index contributed by atoms with van der Waals surface area (Å²) in [4.78, 5) is 5.35. The van der Waals surface area contributed by atoms with Gasteiger partial charge in [-0.25, -0.2) is 0 Å². The van der Waals surface area contributed by atoms with Crippen molar-refractivity contribution in [2.24, 2.45) is 5.41 Å². The van der Waals surface area contributed by atoms with Crippen molar-refractivity contribution >= 4 is 22.6 Å². The van der Waals surface area contributed by atoms with Crippen LogP contribution in [0.4, 0.5) is 0 Å². The summed E-state index contributed by atoms with van der Waals surface area (Å²) >= 11 is 2.56. The molecule has 5 atom stereocenters. The fourth-order valence-corrected chi connectivity index (χ4v) is 6.10. The van der Waals surface area contributed by atoms with Gasteiger partial charge in [0.15, 0.2) is 0 Å². The van der Waals surface area contributed by atoms with Crippen LogP contribution in [0.15, 0.2) is 0 Å². The molecule has 0 aromatic carbocycles. The molecule has 1 N–H and O–H groups in total. The third-order valence-corrected chi connectivity index (χ3v) is 7.85. The Labute approximate surface area is 166 Å². The summed E-state index contributed by atoms with van der Waals surface area (Å²) in [5.41, 5.74) is 0.575. The molecule has 6 heteroatoms. The van der Waals surface area contributed by atoms with Crippen molar-refractivity contribution in [2.75, 3.05) is 46.0 Å². The smallest absolute Gasteiger partial charge is 0.0831 e. The zero-order chi connectivity index (χ0) is 17.7. The summed E-state index contributed by atoms with van der Waals surface area (Å²) in [7, 11) is 0. The lowest BCUT2D eigenvalue weighted by Crippen LogP contribution is -2.74. The summed E-state index contributed by atoms with van der Waals surface area (Å²) in [6.45, 7) is 14.3. The molecule has 0 aromatic rings. The van der Waals surface area contributed by atoms with Gasteiger partial charge in [-0.15, -0.1) is 0 Å². The molecule has 4 fully saturated rings. The molecule has 2 spiro atoms. The van der Waals surface area contributed by atoms with Gasteiger partial charge in [0.25, 0.3) is 0 Å². The zero-order valence-electron chi connectivity index (χ0n) is 16.0. The highest BCUT2D eigenvalue weighted by Gasteiger charge is 2.56. The fraction of sp³-hybridized carbons (Fsp3) is 1.00. The van der Waals surface area contributed by atoms with E-state index in [1.807, 2.05) is 0 Å². The van der Waals surface area contributed by atoms with Crippen molar-refractivity contribution in [2.45, 2.75) is 67.8 Å². The topological polar surface area (TPSA) is 37.0 Å². The van der Waals surface area contributed by atoms with Gasteiger partial charge in [0.05, 0.1) is 28.9 Å². The molecule has 0 radical (unpaired) electrons. The first kappa shape index (κ1) is 18.9. The molecule has 0 amide bonds. The molecule has 5 nitrogen and oxygen atoms in total. The number of hydrogen-bond donors (Lipinski definition) is 1. The van der Waals surface area contributed by atoms with Gasteiger partial charge >= 0.3 is 0 Å². The lowest BCUT2D eigenvalue weighted by Gasteiger charge is -2.60. The molecule has 4 saturated heterocycles. The van der Waals surface area contributed by atoms with Gasteiger partial charge in [-0.05, 0) is 46.6 Å². The number of nitrogens with one attached hydrogen (secondary N) is 1. The average Bonchev–Trinajstić information content (AvgIpc) is 3.04. The second-order valence-corrected chi connectivity index (χ2v) is 10.8. The molecule has 0 aliphatic carbocycles. The van der Waals surface area contributed by atoms with E-state index in [1.165, 1.54) is 25.9 Å². The largest absolute Gasteiger partial charge is 0.379 e. The summed E-state index contributed by atoms with van der Waals surface area (Å²) in [5.74, 6) is 0. The molecule has 0 aromatic heterocycles.